The van der Waals surface area contributed by atoms with Gasteiger partial charge in [0, 0.05) is 30.2 Å². The Hall–Kier alpha value is 0.359. The molecule has 123 valence electrons. The van der Waals surface area contributed by atoms with Gasteiger partial charge in [-0.25, -0.2) is 0 Å². The zero-order chi connectivity index (χ0) is 14.6. The standard InChI is InChI=1S/2C7H17NO.Cu/c2*1-4-5-7(9)6-8(2)3;/h2*7,9H,4-6H2,1-3H3;. The van der Waals surface area contributed by atoms with Crippen molar-refractivity contribution in [3.8, 4) is 0 Å². The van der Waals surface area contributed by atoms with Crippen LogP contribution in [0, 0.1) is 0 Å². The second-order valence-electron chi connectivity index (χ2n) is 5.41. The Morgan fingerprint density at radius 3 is 1.16 bits per heavy atom. The average molecular weight is 326 g/mol. The minimum Gasteiger partial charge on any atom is -0.392 e. The number of rotatable bonds is 8. The first-order valence-corrected chi connectivity index (χ1v) is 6.98. The molecule has 0 fully saturated rings. The molecule has 0 bridgehead atoms. The third-order valence-corrected chi connectivity index (χ3v) is 2.40. The first-order valence-electron chi connectivity index (χ1n) is 6.98. The predicted octanol–water partition coefficient (Wildman–Crippen LogP) is 1.42. The van der Waals surface area contributed by atoms with E-state index in [-0.39, 0.29) is 29.3 Å². The minimum absolute atomic E-state index is 0. The summed E-state index contributed by atoms with van der Waals surface area (Å²) < 4.78 is 0. The Morgan fingerprint density at radius 1 is 0.737 bits per heavy atom. The number of hydrogen-bond donors (Lipinski definition) is 2. The van der Waals surface area contributed by atoms with Crippen molar-refractivity contribution >= 4 is 0 Å². The molecule has 0 saturated carbocycles. The second-order valence-corrected chi connectivity index (χ2v) is 5.41. The van der Waals surface area contributed by atoms with Crippen LogP contribution in [0.2, 0.25) is 0 Å². The molecule has 0 rings (SSSR count). The van der Waals surface area contributed by atoms with Crippen molar-refractivity contribution in [2.24, 2.45) is 0 Å². The molecule has 0 aliphatic heterocycles. The van der Waals surface area contributed by atoms with Gasteiger partial charge in [-0.15, -0.1) is 0 Å². The summed E-state index contributed by atoms with van der Waals surface area (Å²) in [5, 5.41) is 18.4. The fourth-order valence-electron chi connectivity index (χ4n) is 1.69. The van der Waals surface area contributed by atoms with E-state index in [0.717, 1.165) is 38.8 Å². The Kier molecular flexibility index (Phi) is 21.1. The molecule has 0 aliphatic carbocycles. The molecule has 0 spiro atoms. The van der Waals surface area contributed by atoms with Crippen LogP contribution < -0.4 is 0 Å². The van der Waals surface area contributed by atoms with Gasteiger partial charge in [-0.3, -0.25) is 0 Å². The van der Waals surface area contributed by atoms with Gasteiger partial charge < -0.3 is 20.0 Å². The molecule has 2 unspecified atom stereocenters. The molecule has 19 heavy (non-hydrogen) atoms. The van der Waals surface area contributed by atoms with Gasteiger partial charge in [-0.05, 0) is 41.0 Å². The van der Waals surface area contributed by atoms with Crippen LogP contribution in [0.25, 0.3) is 0 Å². The van der Waals surface area contributed by atoms with Crippen molar-refractivity contribution in [3.05, 3.63) is 0 Å². The van der Waals surface area contributed by atoms with Gasteiger partial charge in [0.1, 0.15) is 0 Å². The Balaban J connectivity index is -0.000000256. The van der Waals surface area contributed by atoms with Gasteiger partial charge in [-0.1, -0.05) is 26.7 Å². The SMILES string of the molecule is CCCC(O)CN(C)C.CCCC(O)CN(C)C.[Cu]. The quantitative estimate of drug-likeness (QED) is 0.663. The Labute approximate surface area is 130 Å². The van der Waals surface area contributed by atoms with Crippen LogP contribution in [0.5, 0.6) is 0 Å². The molecular weight excluding hydrogens is 292 g/mol. The van der Waals surface area contributed by atoms with E-state index in [1.54, 1.807) is 0 Å². The largest absolute Gasteiger partial charge is 0.392 e. The van der Waals surface area contributed by atoms with E-state index in [1.807, 2.05) is 38.0 Å². The number of likely N-dealkylation sites (N-methyl/N-ethyl adjacent to an activating group) is 2. The summed E-state index contributed by atoms with van der Waals surface area (Å²) in [5.41, 5.74) is 0. The van der Waals surface area contributed by atoms with Crippen LogP contribution in [0.15, 0.2) is 0 Å². The molecule has 0 aliphatic rings. The third-order valence-electron chi connectivity index (χ3n) is 2.40. The first-order chi connectivity index (χ1) is 8.33. The van der Waals surface area contributed by atoms with Crippen molar-refractivity contribution in [1.82, 2.24) is 9.80 Å². The van der Waals surface area contributed by atoms with Crippen molar-refractivity contribution in [2.75, 3.05) is 41.3 Å². The summed E-state index contributed by atoms with van der Waals surface area (Å²) in [6.07, 6.45) is 3.69. The maximum atomic E-state index is 9.18. The average Bonchev–Trinajstić information content (AvgIpc) is 2.16. The molecule has 2 atom stereocenters. The van der Waals surface area contributed by atoms with Gasteiger partial charge >= 0.3 is 0 Å². The molecule has 0 heterocycles. The van der Waals surface area contributed by atoms with E-state index < -0.39 is 0 Å². The molecule has 0 aromatic rings. The van der Waals surface area contributed by atoms with E-state index in [4.69, 9.17) is 0 Å². The van der Waals surface area contributed by atoms with Crippen molar-refractivity contribution in [1.29, 1.82) is 0 Å². The Bertz CT molecular complexity index is 152. The fourth-order valence-corrected chi connectivity index (χ4v) is 1.69. The molecule has 0 aromatic carbocycles. The predicted molar refractivity (Wildman–Crippen MR) is 78.9 cm³/mol. The van der Waals surface area contributed by atoms with Gasteiger partial charge in [0.05, 0.1) is 12.2 Å². The molecule has 0 saturated heterocycles. The summed E-state index contributed by atoms with van der Waals surface area (Å²) in [4.78, 5) is 4.00. The normalized spacial score (nSPS) is 13.6. The van der Waals surface area contributed by atoms with Gasteiger partial charge in [0.25, 0.3) is 0 Å². The van der Waals surface area contributed by atoms with Crippen molar-refractivity contribution < 1.29 is 27.3 Å². The minimum atomic E-state index is -0.134. The van der Waals surface area contributed by atoms with Crippen LogP contribution in [0.4, 0.5) is 0 Å². The van der Waals surface area contributed by atoms with E-state index in [0.29, 0.717) is 0 Å². The third kappa shape index (κ3) is 23.8. The van der Waals surface area contributed by atoms with Crippen molar-refractivity contribution in [3.63, 3.8) is 0 Å². The van der Waals surface area contributed by atoms with Gasteiger partial charge in [0.2, 0.25) is 0 Å². The molecule has 0 amide bonds. The number of aliphatic hydroxyl groups is 2. The second kappa shape index (κ2) is 16.4. The fraction of sp³-hybridized carbons (Fsp3) is 1.00. The zero-order valence-electron chi connectivity index (χ0n) is 13.5. The van der Waals surface area contributed by atoms with Crippen LogP contribution >= 0.6 is 0 Å². The molecule has 4 nitrogen and oxygen atoms in total. The maximum absolute atomic E-state index is 9.18. The summed E-state index contributed by atoms with van der Waals surface area (Å²) >= 11 is 0. The first kappa shape index (κ1) is 24.4. The number of nitrogens with zero attached hydrogens (tertiary/aromatic N) is 2. The molecule has 0 aromatic heterocycles. The van der Waals surface area contributed by atoms with Gasteiger partial charge in [0.15, 0.2) is 0 Å². The monoisotopic (exact) mass is 325 g/mol. The maximum Gasteiger partial charge on any atom is 0.0666 e. The number of aliphatic hydroxyl groups excluding tert-OH is 2. The summed E-state index contributed by atoms with van der Waals surface area (Å²) in [5.74, 6) is 0. The number of hydrogen-bond acceptors (Lipinski definition) is 4. The van der Waals surface area contributed by atoms with Gasteiger partial charge in [-0.2, -0.15) is 0 Å². The van der Waals surface area contributed by atoms with E-state index in [1.165, 1.54) is 0 Å². The topological polar surface area (TPSA) is 46.9 Å². The summed E-state index contributed by atoms with van der Waals surface area (Å²) in [6.45, 7) is 5.74. The van der Waals surface area contributed by atoms with E-state index in [9.17, 15) is 10.2 Å². The molecule has 2 N–H and O–H groups in total. The van der Waals surface area contributed by atoms with Crippen LogP contribution in [0.3, 0.4) is 0 Å². The smallest absolute Gasteiger partial charge is 0.0666 e. The Morgan fingerprint density at radius 2 is 1.00 bits per heavy atom. The molecular formula is C14H34CuN2O2. The molecule has 5 heteroatoms. The summed E-state index contributed by atoms with van der Waals surface area (Å²) in [7, 11) is 7.88. The van der Waals surface area contributed by atoms with E-state index >= 15 is 0 Å². The van der Waals surface area contributed by atoms with Crippen molar-refractivity contribution in [2.45, 2.75) is 51.7 Å². The van der Waals surface area contributed by atoms with Crippen LogP contribution in [0.1, 0.15) is 39.5 Å². The summed E-state index contributed by atoms with van der Waals surface area (Å²) in [6, 6.07) is 0. The van der Waals surface area contributed by atoms with Crippen LogP contribution in [-0.2, 0) is 17.1 Å². The van der Waals surface area contributed by atoms with E-state index in [2.05, 4.69) is 13.8 Å². The van der Waals surface area contributed by atoms with Crippen LogP contribution in [-0.4, -0.2) is 73.5 Å². The zero-order valence-corrected chi connectivity index (χ0v) is 14.4. The molecule has 1 radical (unpaired) electrons.